The number of nitrogens with zero attached hydrogens (tertiary/aromatic N) is 1. The Bertz CT molecular complexity index is 295. The van der Waals surface area contributed by atoms with E-state index in [2.05, 4.69) is 17.2 Å². The van der Waals surface area contributed by atoms with Crippen LogP contribution in [0.25, 0.3) is 0 Å². The molecule has 1 saturated heterocycles. The van der Waals surface area contributed by atoms with E-state index in [-0.39, 0.29) is 0 Å². The molecular weight excluding hydrogens is 208 g/mol. The van der Waals surface area contributed by atoms with Gasteiger partial charge >= 0.3 is 0 Å². The van der Waals surface area contributed by atoms with Crippen LogP contribution < -0.4 is 5.32 Å². The van der Waals surface area contributed by atoms with Gasteiger partial charge in [0.05, 0.1) is 23.9 Å². The van der Waals surface area contributed by atoms with E-state index in [4.69, 9.17) is 4.74 Å². The zero-order valence-electron chi connectivity index (χ0n) is 9.16. The molecule has 2 heterocycles. The van der Waals surface area contributed by atoms with E-state index in [1.165, 1.54) is 17.7 Å². The molecule has 1 aromatic heterocycles. The molecule has 0 amide bonds. The van der Waals surface area contributed by atoms with Gasteiger partial charge in [0, 0.05) is 17.8 Å². The average Bonchev–Trinajstić information content (AvgIpc) is 2.66. The summed E-state index contributed by atoms with van der Waals surface area (Å²) in [5.41, 5.74) is 3.07. The maximum atomic E-state index is 5.83. The molecular formula is C11H18N2OS. The van der Waals surface area contributed by atoms with Crippen LogP contribution in [0.2, 0.25) is 0 Å². The van der Waals surface area contributed by atoms with E-state index in [1.807, 2.05) is 5.51 Å². The van der Waals surface area contributed by atoms with Crippen molar-refractivity contribution in [3.63, 3.8) is 0 Å². The molecule has 3 nitrogen and oxygen atoms in total. The van der Waals surface area contributed by atoms with Gasteiger partial charge in [0.25, 0.3) is 0 Å². The predicted molar refractivity (Wildman–Crippen MR) is 62.4 cm³/mol. The Balaban J connectivity index is 1.68. The second-order valence-corrected chi connectivity index (χ2v) is 4.89. The van der Waals surface area contributed by atoms with E-state index in [9.17, 15) is 0 Å². The van der Waals surface area contributed by atoms with Crippen molar-refractivity contribution >= 4 is 11.3 Å². The number of nitrogens with one attached hydrogen (secondary N) is 1. The van der Waals surface area contributed by atoms with Crippen LogP contribution in [0.3, 0.4) is 0 Å². The van der Waals surface area contributed by atoms with Crippen LogP contribution in [0.15, 0.2) is 5.51 Å². The first-order valence-corrected chi connectivity index (χ1v) is 6.45. The predicted octanol–water partition coefficient (Wildman–Crippen LogP) is 1.76. The molecule has 1 N–H and O–H groups in total. The lowest BCUT2D eigenvalue weighted by molar-refractivity contribution is 0.0392. The molecule has 1 fully saturated rings. The highest BCUT2D eigenvalue weighted by atomic mass is 32.1. The lowest BCUT2D eigenvalue weighted by Gasteiger charge is -2.22. The van der Waals surface area contributed by atoms with Crippen LogP contribution in [0, 0.1) is 6.92 Å². The van der Waals surface area contributed by atoms with E-state index in [0.717, 1.165) is 31.8 Å². The molecule has 0 spiro atoms. The summed E-state index contributed by atoms with van der Waals surface area (Å²) >= 11 is 1.73. The minimum Gasteiger partial charge on any atom is -0.377 e. The number of aryl methyl sites for hydroxylation is 1. The zero-order chi connectivity index (χ0) is 10.5. The van der Waals surface area contributed by atoms with Crippen molar-refractivity contribution in [2.75, 3.05) is 19.7 Å². The monoisotopic (exact) mass is 226 g/mol. The molecule has 1 aliphatic heterocycles. The van der Waals surface area contributed by atoms with Gasteiger partial charge in [0.1, 0.15) is 0 Å². The molecule has 0 aliphatic carbocycles. The topological polar surface area (TPSA) is 34.1 Å². The number of ether oxygens (including phenoxy) is 1. The Labute approximate surface area is 94.9 Å². The van der Waals surface area contributed by atoms with Crippen molar-refractivity contribution in [1.29, 1.82) is 0 Å². The summed E-state index contributed by atoms with van der Waals surface area (Å²) in [5.74, 6) is 0. The van der Waals surface area contributed by atoms with Crippen LogP contribution >= 0.6 is 11.3 Å². The van der Waals surface area contributed by atoms with Crippen molar-refractivity contribution in [2.24, 2.45) is 0 Å². The van der Waals surface area contributed by atoms with Gasteiger partial charge in [-0.05, 0) is 26.3 Å². The smallest absolute Gasteiger partial charge is 0.0797 e. The Morgan fingerprint density at radius 3 is 3.27 bits per heavy atom. The second kappa shape index (κ2) is 5.58. The van der Waals surface area contributed by atoms with Gasteiger partial charge < -0.3 is 10.1 Å². The maximum absolute atomic E-state index is 5.83. The van der Waals surface area contributed by atoms with Crippen LogP contribution in [-0.2, 0) is 11.2 Å². The Hall–Kier alpha value is -0.450. The van der Waals surface area contributed by atoms with Gasteiger partial charge in [0.15, 0.2) is 0 Å². The summed E-state index contributed by atoms with van der Waals surface area (Å²) in [6.45, 7) is 5.05. The van der Waals surface area contributed by atoms with Crippen molar-refractivity contribution in [2.45, 2.75) is 32.3 Å². The molecule has 0 bridgehead atoms. The zero-order valence-corrected chi connectivity index (χ0v) is 9.98. The number of hydrogen-bond donors (Lipinski definition) is 1. The quantitative estimate of drug-likeness (QED) is 0.849. The van der Waals surface area contributed by atoms with Crippen LogP contribution in [-0.4, -0.2) is 30.8 Å². The summed E-state index contributed by atoms with van der Waals surface area (Å²) < 4.78 is 5.83. The lowest BCUT2D eigenvalue weighted by Crippen LogP contribution is -2.35. The first-order chi connectivity index (χ1) is 7.36. The molecule has 2 rings (SSSR count). The average molecular weight is 226 g/mol. The number of aromatic nitrogens is 1. The van der Waals surface area contributed by atoms with Crippen molar-refractivity contribution < 1.29 is 4.74 Å². The van der Waals surface area contributed by atoms with E-state index in [1.54, 1.807) is 11.3 Å². The standard InChI is InChI=1S/C11H18N2OS/c1-9-11(15-8-13-9)4-6-14-10-3-2-5-12-7-10/h8,10,12H,2-7H2,1H3/t10-/m0/s1. The maximum Gasteiger partial charge on any atom is 0.0797 e. The highest BCUT2D eigenvalue weighted by Gasteiger charge is 2.13. The third-order valence-corrected chi connectivity index (χ3v) is 3.77. The van der Waals surface area contributed by atoms with Crippen LogP contribution in [0.1, 0.15) is 23.4 Å². The van der Waals surface area contributed by atoms with E-state index < -0.39 is 0 Å². The number of hydrogen-bond acceptors (Lipinski definition) is 4. The van der Waals surface area contributed by atoms with Gasteiger partial charge in [-0.3, -0.25) is 0 Å². The number of piperidine rings is 1. The van der Waals surface area contributed by atoms with Crippen molar-refractivity contribution in [1.82, 2.24) is 10.3 Å². The fourth-order valence-electron chi connectivity index (χ4n) is 1.85. The normalized spacial score (nSPS) is 21.8. The van der Waals surface area contributed by atoms with Gasteiger partial charge in [-0.1, -0.05) is 0 Å². The molecule has 0 radical (unpaired) electrons. The number of thiazole rings is 1. The van der Waals surface area contributed by atoms with Gasteiger partial charge in [0.2, 0.25) is 0 Å². The molecule has 1 aliphatic rings. The third-order valence-electron chi connectivity index (χ3n) is 2.78. The summed E-state index contributed by atoms with van der Waals surface area (Å²) in [4.78, 5) is 5.59. The van der Waals surface area contributed by atoms with Gasteiger partial charge in [-0.15, -0.1) is 11.3 Å². The van der Waals surface area contributed by atoms with Gasteiger partial charge in [-0.2, -0.15) is 0 Å². The Morgan fingerprint density at radius 1 is 1.67 bits per heavy atom. The summed E-state index contributed by atoms with van der Waals surface area (Å²) in [7, 11) is 0. The highest BCUT2D eigenvalue weighted by molar-refractivity contribution is 7.09. The van der Waals surface area contributed by atoms with E-state index in [0.29, 0.717) is 6.10 Å². The second-order valence-electron chi connectivity index (χ2n) is 3.95. The van der Waals surface area contributed by atoms with Crippen LogP contribution in [0.5, 0.6) is 0 Å². The SMILES string of the molecule is Cc1ncsc1CCO[C@H]1CCCNC1. The molecule has 84 valence electrons. The largest absolute Gasteiger partial charge is 0.377 e. The fourth-order valence-corrected chi connectivity index (χ4v) is 2.61. The van der Waals surface area contributed by atoms with Crippen LogP contribution in [0.4, 0.5) is 0 Å². The van der Waals surface area contributed by atoms with Crippen molar-refractivity contribution in [3.05, 3.63) is 16.1 Å². The molecule has 15 heavy (non-hydrogen) atoms. The molecule has 4 heteroatoms. The molecule has 0 unspecified atom stereocenters. The summed E-state index contributed by atoms with van der Waals surface area (Å²) in [5, 5.41) is 3.36. The molecule has 0 saturated carbocycles. The lowest BCUT2D eigenvalue weighted by atomic mass is 10.1. The molecule has 1 aromatic rings. The molecule has 0 aromatic carbocycles. The minimum atomic E-state index is 0.423. The highest BCUT2D eigenvalue weighted by Crippen LogP contribution is 2.13. The minimum absolute atomic E-state index is 0.423. The third kappa shape index (κ3) is 3.26. The number of rotatable bonds is 4. The fraction of sp³-hybridized carbons (Fsp3) is 0.727. The Morgan fingerprint density at radius 2 is 2.60 bits per heavy atom. The summed E-state index contributed by atoms with van der Waals surface area (Å²) in [6, 6.07) is 0. The van der Waals surface area contributed by atoms with Crippen molar-refractivity contribution in [3.8, 4) is 0 Å². The molecule has 1 atom stereocenters. The first kappa shape index (κ1) is 11.0. The summed E-state index contributed by atoms with van der Waals surface area (Å²) in [6.07, 6.45) is 3.87. The first-order valence-electron chi connectivity index (χ1n) is 5.57. The van der Waals surface area contributed by atoms with E-state index >= 15 is 0 Å². The Kier molecular flexibility index (Phi) is 4.11. The van der Waals surface area contributed by atoms with Gasteiger partial charge in [-0.25, -0.2) is 4.98 Å².